The molecule has 2 aromatic rings. The standard InChI is InChI=1S/C10H14N4/c1-8(2)7-11-10-12-9-5-3-4-6-14(9)13-10/h3-6,8H,7H2,1-2H3,(H,11,13). The molecule has 0 bridgehead atoms. The number of hydrogen-bond acceptors (Lipinski definition) is 3. The summed E-state index contributed by atoms with van der Waals surface area (Å²) < 4.78 is 1.77. The Bertz CT molecular complexity index is 386. The zero-order valence-corrected chi connectivity index (χ0v) is 8.44. The lowest BCUT2D eigenvalue weighted by molar-refractivity contribution is 0.684. The molecule has 0 saturated heterocycles. The van der Waals surface area contributed by atoms with Gasteiger partial charge in [0.25, 0.3) is 0 Å². The van der Waals surface area contributed by atoms with Crippen molar-refractivity contribution in [3.8, 4) is 0 Å². The molecule has 0 spiro atoms. The number of nitrogens with one attached hydrogen (secondary N) is 1. The van der Waals surface area contributed by atoms with Gasteiger partial charge in [0.1, 0.15) is 0 Å². The lowest BCUT2D eigenvalue weighted by Crippen LogP contribution is -2.09. The van der Waals surface area contributed by atoms with E-state index in [2.05, 4.69) is 29.2 Å². The van der Waals surface area contributed by atoms with E-state index in [9.17, 15) is 0 Å². The maximum absolute atomic E-state index is 4.33. The molecule has 0 aliphatic rings. The normalized spacial score (nSPS) is 11.1. The van der Waals surface area contributed by atoms with Gasteiger partial charge >= 0.3 is 0 Å². The molecule has 0 aromatic carbocycles. The third kappa shape index (κ3) is 1.84. The van der Waals surface area contributed by atoms with Gasteiger partial charge in [-0.2, -0.15) is 4.98 Å². The molecule has 4 nitrogen and oxygen atoms in total. The first kappa shape index (κ1) is 8.99. The molecule has 4 heteroatoms. The van der Waals surface area contributed by atoms with Crippen molar-refractivity contribution in [2.24, 2.45) is 5.92 Å². The van der Waals surface area contributed by atoms with E-state index in [-0.39, 0.29) is 0 Å². The molecule has 0 radical (unpaired) electrons. The SMILES string of the molecule is CC(C)CNc1nc2ccccn2n1. The number of aromatic nitrogens is 3. The van der Waals surface area contributed by atoms with Crippen molar-refractivity contribution in [1.82, 2.24) is 14.6 Å². The number of nitrogens with zero attached hydrogens (tertiary/aromatic N) is 3. The minimum Gasteiger partial charge on any atom is -0.353 e. The van der Waals surface area contributed by atoms with E-state index in [4.69, 9.17) is 0 Å². The summed E-state index contributed by atoms with van der Waals surface area (Å²) in [7, 11) is 0. The van der Waals surface area contributed by atoms with Gasteiger partial charge in [0.15, 0.2) is 5.65 Å². The van der Waals surface area contributed by atoms with Gasteiger partial charge in [-0.3, -0.25) is 0 Å². The second-order valence-electron chi connectivity index (χ2n) is 3.71. The van der Waals surface area contributed by atoms with Crippen LogP contribution in [0.2, 0.25) is 0 Å². The fraction of sp³-hybridized carbons (Fsp3) is 0.400. The van der Waals surface area contributed by atoms with Gasteiger partial charge in [0, 0.05) is 12.7 Å². The van der Waals surface area contributed by atoms with Gasteiger partial charge < -0.3 is 5.32 Å². The van der Waals surface area contributed by atoms with Crippen LogP contribution in [0.4, 0.5) is 5.95 Å². The molecule has 0 unspecified atom stereocenters. The molecule has 1 N–H and O–H groups in total. The van der Waals surface area contributed by atoms with Gasteiger partial charge in [-0.1, -0.05) is 19.9 Å². The van der Waals surface area contributed by atoms with Crippen LogP contribution in [0.3, 0.4) is 0 Å². The quantitative estimate of drug-likeness (QED) is 0.802. The van der Waals surface area contributed by atoms with E-state index < -0.39 is 0 Å². The van der Waals surface area contributed by atoms with Crippen molar-refractivity contribution in [1.29, 1.82) is 0 Å². The maximum atomic E-state index is 4.33. The van der Waals surface area contributed by atoms with Gasteiger partial charge in [0.05, 0.1) is 0 Å². The van der Waals surface area contributed by atoms with Crippen LogP contribution in [0.15, 0.2) is 24.4 Å². The average Bonchev–Trinajstić information content (AvgIpc) is 2.57. The summed E-state index contributed by atoms with van der Waals surface area (Å²) in [5, 5.41) is 7.47. The fourth-order valence-corrected chi connectivity index (χ4v) is 1.20. The second kappa shape index (κ2) is 3.65. The van der Waals surface area contributed by atoms with Crippen LogP contribution in [0.25, 0.3) is 5.65 Å². The van der Waals surface area contributed by atoms with Gasteiger partial charge in [-0.25, -0.2) is 4.52 Å². The molecule has 0 aliphatic heterocycles. The molecule has 0 atom stereocenters. The monoisotopic (exact) mass is 190 g/mol. The first-order chi connectivity index (χ1) is 6.75. The summed E-state index contributed by atoms with van der Waals surface area (Å²) in [4.78, 5) is 4.33. The summed E-state index contributed by atoms with van der Waals surface area (Å²) in [6, 6.07) is 5.83. The topological polar surface area (TPSA) is 42.2 Å². The molecule has 0 saturated carbocycles. The van der Waals surface area contributed by atoms with Crippen LogP contribution >= 0.6 is 0 Å². The van der Waals surface area contributed by atoms with Crippen LogP contribution in [-0.4, -0.2) is 21.1 Å². The molecule has 14 heavy (non-hydrogen) atoms. The molecular formula is C10H14N4. The second-order valence-corrected chi connectivity index (χ2v) is 3.71. The predicted octanol–water partition coefficient (Wildman–Crippen LogP) is 1.80. The third-order valence-corrected chi connectivity index (χ3v) is 1.91. The Morgan fingerprint density at radius 2 is 2.29 bits per heavy atom. The Kier molecular flexibility index (Phi) is 2.35. The minimum atomic E-state index is 0.599. The van der Waals surface area contributed by atoms with Crippen LogP contribution < -0.4 is 5.32 Å². The van der Waals surface area contributed by atoms with Crippen LogP contribution in [-0.2, 0) is 0 Å². The molecule has 2 aromatic heterocycles. The Hall–Kier alpha value is -1.58. The predicted molar refractivity (Wildman–Crippen MR) is 56.3 cm³/mol. The van der Waals surface area contributed by atoms with Crippen molar-refractivity contribution >= 4 is 11.6 Å². The first-order valence-corrected chi connectivity index (χ1v) is 4.81. The van der Waals surface area contributed by atoms with E-state index in [1.54, 1.807) is 4.52 Å². The molecule has 0 aliphatic carbocycles. The largest absolute Gasteiger partial charge is 0.353 e. The van der Waals surface area contributed by atoms with E-state index in [0.717, 1.165) is 12.2 Å². The highest BCUT2D eigenvalue weighted by molar-refractivity contribution is 5.42. The number of rotatable bonds is 3. The van der Waals surface area contributed by atoms with Crippen LogP contribution in [0.1, 0.15) is 13.8 Å². The Labute approximate surface area is 83.0 Å². The molecule has 0 fully saturated rings. The maximum Gasteiger partial charge on any atom is 0.243 e. The Morgan fingerprint density at radius 3 is 3.00 bits per heavy atom. The molecular weight excluding hydrogens is 176 g/mol. The summed E-state index contributed by atoms with van der Waals surface area (Å²) >= 11 is 0. The van der Waals surface area contributed by atoms with Crippen LogP contribution in [0.5, 0.6) is 0 Å². The number of fused-ring (bicyclic) bond motifs is 1. The zero-order valence-electron chi connectivity index (χ0n) is 8.44. The molecule has 74 valence electrons. The van der Waals surface area contributed by atoms with Gasteiger partial charge in [-0.05, 0) is 18.1 Å². The zero-order chi connectivity index (χ0) is 9.97. The van der Waals surface area contributed by atoms with Crippen molar-refractivity contribution < 1.29 is 0 Å². The lowest BCUT2D eigenvalue weighted by atomic mass is 10.2. The van der Waals surface area contributed by atoms with Crippen molar-refractivity contribution in [3.05, 3.63) is 24.4 Å². The number of hydrogen-bond donors (Lipinski definition) is 1. The van der Waals surface area contributed by atoms with Crippen LogP contribution in [0, 0.1) is 5.92 Å². The smallest absolute Gasteiger partial charge is 0.243 e. The summed E-state index contributed by atoms with van der Waals surface area (Å²) in [5.74, 6) is 1.30. The third-order valence-electron chi connectivity index (χ3n) is 1.91. The fourth-order valence-electron chi connectivity index (χ4n) is 1.20. The first-order valence-electron chi connectivity index (χ1n) is 4.81. The summed E-state index contributed by atoms with van der Waals surface area (Å²) in [6.07, 6.45) is 1.89. The number of pyridine rings is 1. The average molecular weight is 190 g/mol. The van der Waals surface area contributed by atoms with E-state index >= 15 is 0 Å². The molecule has 2 rings (SSSR count). The molecule has 0 amide bonds. The van der Waals surface area contributed by atoms with Crippen molar-refractivity contribution in [3.63, 3.8) is 0 Å². The van der Waals surface area contributed by atoms with Gasteiger partial charge in [-0.15, -0.1) is 5.10 Å². The summed E-state index contributed by atoms with van der Waals surface area (Å²) in [6.45, 7) is 5.21. The highest BCUT2D eigenvalue weighted by Gasteiger charge is 2.01. The van der Waals surface area contributed by atoms with E-state index in [0.29, 0.717) is 11.9 Å². The highest BCUT2D eigenvalue weighted by atomic mass is 15.3. The highest BCUT2D eigenvalue weighted by Crippen LogP contribution is 2.04. The summed E-state index contributed by atoms with van der Waals surface area (Å²) in [5.41, 5.74) is 0.874. The number of anilines is 1. The minimum absolute atomic E-state index is 0.599. The Morgan fingerprint density at radius 1 is 1.43 bits per heavy atom. The van der Waals surface area contributed by atoms with Crippen molar-refractivity contribution in [2.45, 2.75) is 13.8 Å². The van der Waals surface area contributed by atoms with E-state index in [1.807, 2.05) is 24.4 Å². The molecule has 2 heterocycles. The van der Waals surface area contributed by atoms with Crippen molar-refractivity contribution in [2.75, 3.05) is 11.9 Å². The Balaban J connectivity index is 2.19. The van der Waals surface area contributed by atoms with E-state index in [1.165, 1.54) is 0 Å². The lowest BCUT2D eigenvalue weighted by Gasteiger charge is -2.03. The van der Waals surface area contributed by atoms with Gasteiger partial charge in [0.2, 0.25) is 5.95 Å².